The minimum absolute atomic E-state index is 0.196. The maximum Gasteiger partial charge on any atom is 0.126 e. The average molecular weight is 243 g/mol. The number of hydrogen-bond donors (Lipinski definition) is 1. The third-order valence-corrected chi connectivity index (χ3v) is 3.41. The normalized spacial score (nSPS) is 14.3. The summed E-state index contributed by atoms with van der Waals surface area (Å²) in [5, 5.41) is 0. The molecular weight excluding hydrogens is 225 g/mol. The molecule has 2 rings (SSSR count). The van der Waals surface area contributed by atoms with Crippen LogP contribution in [0.15, 0.2) is 42.5 Å². The fourth-order valence-electron chi connectivity index (χ4n) is 2.03. The number of benzene rings is 2. The molecule has 0 aliphatic carbocycles. The van der Waals surface area contributed by atoms with Crippen LogP contribution in [0, 0.1) is 19.7 Å². The van der Waals surface area contributed by atoms with Gasteiger partial charge in [-0.25, -0.2) is 4.39 Å². The Bertz CT molecular complexity index is 556. The van der Waals surface area contributed by atoms with Gasteiger partial charge in [0.2, 0.25) is 0 Å². The van der Waals surface area contributed by atoms with Crippen LogP contribution < -0.4 is 5.73 Å². The van der Waals surface area contributed by atoms with Gasteiger partial charge in [0.15, 0.2) is 0 Å². The lowest BCUT2D eigenvalue weighted by atomic mass is 9.85. The second kappa shape index (κ2) is 4.54. The number of halogens is 1. The van der Waals surface area contributed by atoms with E-state index >= 15 is 0 Å². The van der Waals surface area contributed by atoms with E-state index in [1.807, 2.05) is 44.2 Å². The highest BCUT2D eigenvalue weighted by atomic mass is 19.1. The largest absolute Gasteiger partial charge is 0.318 e. The molecule has 0 saturated heterocycles. The van der Waals surface area contributed by atoms with Gasteiger partial charge < -0.3 is 5.73 Å². The van der Waals surface area contributed by atoms with Gasteiger partial charge >= 0.3 is 0 Å². The van der Waals surface area contributed by atoms with Gasteiger partial charge in [0, 0.05) is 0 Å². The molecule has 18 heavy (non-hydrogen) atoms. The average Bonchev–Trinajstić information content (AvgIpc) is 2.33. The Morgan fingerprint density at radius 2 is 1.50 bits per heavy atom. The monoisotopic (exact) mass is 243 g/mol. The summed E-state index contributed by atoms with van der Waals surface area (Å²) in [5.41, 5.74) is 9.57. The topological polar surface area (TPSA) is 26.0 Å². The van der Waals surface area contributed by atoms with E-state index in [-0.39, 0.29) is 5.82 Å². The number of hydrogen-bond acceptors (Lipinski definition) is 1. The molecule has 1 unspecified atom stereocenters. The summed E-state index contributed by atoms with van der Waals surface area (Å²) in [6.07, 6.45) is 0. The van der Waals surface area contributed by atoms with Crippen molar-refractivity contribution in [3.8, 4) is 0 Å². The maximum atomic E-state index is 13.3. The van der Waals surface area contributed by atoms with E-state index in [0.29, 0.717) is 5.56 Å². The highest BCUT2D eigenvalue weighted by Gasteiger charge is 2.24. The minimum atomic E-state index is -0.605. The molecule has 0 saturated carbocycles. The Morgan fingerprint density at radius 3 is 2.06 bits per heavy atom. The second-order valence-corrected chi connectivity index (χ2v) is 5.03. The Labute approximate surface area is 107 Å². The zero-order valence-corrected chi connectivity index (χ0v) is 11.0. The molecule has 0 aliphatic rings. The van der Waals surface area contributed by atoms with Crippen LogP contribution in [0.1, 0.15) is 29.2 Å². The quantitative estimate of drug-likeness (QED) is 0.855. The van der Waals surface area contributed by atoms with E-state index in [4.69, 9.17) is 5.73 Å². The van der Waals surface area contributed by atoms with Crippen LogP contribution in [0.2, 0.25) is 0 Å². The van der Waals surface area contributed by atoms with E-state index in [1.54, 1.807) is 13.0 Å². The molecule has 2 heteroatoms. The molecule has 0 fully saturated rings. The van der Waals surface area contributed by atoms with Gasteiger partial charge in [0.05, 0.1) is 5.54 Å². The van der Waals surface area contributed by atoms with Gasteiger partial charge in [-0.2, -0.15) is 0 Å². The number of nitrogens with two attached hydrogens (primary N) is 1. The van der Waals surface area contributed by atoms with Crippen molar-refractivity contribution in [1.82, 2.24) is 0 Å². The predicted molar refractivity (Wildman–Crippen MR) is 73.0 cm³/mol. The van der Waals surface area contributed by atoms with Crippen molar-refractivity contribution in [2.45, 2.75) is 26.3 Å². The highest BCUT2D eigenvalue weighted by molar-refractivity contribution is 5.39. The minimum Gasteiger partial charge on any atom is -0.318 e. The Hall–Kier alpha value is -1.67. The van der Waals surface area contributed by atoms with Gasteiger partial charge in [-0.3, -0.25) is 0 Å². The summed E-state index contributed by atoms with van der Waals surface area (Å²) in [6, 6.07) is 13.2. The Balaban J connectivity index is 2.46. The fourth-order valence-corrected chi connectivity index (χ4v) is 2.03. The van der Waals surface area contributed by atoms with Crippen LogP contribution >= 0.6 is 0 Å². The third kappa shape index (κ3) is 2.29. The van der Waals surface area contributed by atoms with Crippen molar-refractivity contribution in [3.05, 3.63) is 70.5 Å². The predicted octanol–water partition coefficient (Wildman–Crippen LogP) is 3.66. The maximum absolute atomic E-state index is 13.3. The summed E-state index contributed by atoms with van der Waals surface area (Å²) in [7, 11) is 0. The molecule has 2 N–H and O–H groups in total. The van der Waals surface area contributed by atoms with Crippen LogP contribution in [-0.2, 0) is 5.54 Å². The van der Waals surface area contributed by atoms with Gasteiger partial charge in [-0.1, -0.05) is 42.0 Å². The summed E-state index contributed by atoms with van der Waals surface area (Å²) in [4.78, 5) is 0. The zero-order valence-electron chi connectivity index (χ0n) is 11.0. The highest BCUT2D eigenvalue weighted by Crippen LogP contribution is 2.27. The molecule has 2 aromatic rings. The van der Waals surface area contributed by atoms with E-state index < -0.39 is 5.54 Å². The molecule has 94 valence electrons. The molecule has 0 aliphatic heterocycles. The molecule has 0 bridgehead atoms. The van der Waals surface area contributed by atoms with E-state index in [1.165, 1.54) is 11.6 Å². The molecule has 0 aromatic heterocycles. The van der Waals surface area contributed by atoms with Crippen molar-refractivity contribution in [1.29, 1.82) is 0 Å². The SMILES string of the molecule is Cc1ccc(C(C)(N)c2ccc(F)c(C)c2)cc1. The van der Waals surface area contributed by atoms with E-state index in [0.717, 1.165) is 11.1 Å². The first-order valence-electron chi connectivity index (χ1n) is 6.04. The summed E-state index contributed by atoms with van der Waals surface area (Å²) < 4.78 is 13.3. The van der Waals surface area contributed by atoms with E-state index in [9.17, 15) is 4.39 Å². The number of rotatable bonds is 2. The molecule has 0 radical (unpaired) electrons. The summed E-state index contributed by atoms with van der Waals surface area (Å²) >= 11 is 0. The lowest BCUT2D eigenvalue weighted by molar-refractivity contribution is 0.588. The van der Waals surface area contributed by atoms with Crippen molar-refractivity contribution < 1.29 is 4.39 Å². The molecule has 1 nitrogen and oxygen atoms in total. The number of aryl methyl sites for hydroxylation is 2. The molecule has 0 amide bonds. The Morgan fingerprint density at radius 1 is 0.944 bits per heavy atom. The lowest BCUT2D eigenvalue weighted by Gasteiger charge is -2.26. The lowest BCUT2D eigenvalue weighted by Crippen LogP contribution is -2.34. The molecule has 1 atom stereocenters. The fraction of sp³-hybridized carbons (Fsp3) is 0.250. The summed E-state index contributed by atoms with van der Waals surface area (Å²) in [6.45, 7) is 5.74. The first kappa shape index (κ1) is 12.8. The first-order valence-corrected chi connectivity index (χ1v) is 6.04. The molecular formula is C16H18FN. The van der Waals surface area contributed by atoms with Crippen LogP contribution in [0.3, 0.4) is 0 Å². The van der Waals surface area contributed by atoms with Crippen molar-refractivity contribution in [3.63, 3.8) is 0 Å². The first-order chi connectivity index (χ1) is 8.41. The van der Waals surface area contributed by atoms with Crippen LogP contribution in [0.4, 0.5) is 4.39 Å². The Kier molecular flexibility index (Phi) is 3.22. The zero-order chi connectivity index (χ0) is 13.3. The van der Waals surface area contributed by atoms with Gasteiger partial charge in [-0.05, 0) is 43.5 Å². The molecule has 0 spiro atoms. The third-order valence-electron chi connectivity index (χ3n) is 3.41. The van der Waals surface area contributed by atoms with Crippen molar-refractivity contribution in [2.75, 3.05) is 0 Å². The van der Waals surface area contributed by atoms with E-state index in [2.05, 4.69) is 0 Å². The van der Waals surface area contributed by atoms with Crippen LogP contribution in [-0.4, -0.2) is 0 Å². The smallest absolute Gasteiger partial charge is 0.126 e. The van der Waals surface area contributed by atoms with Crippen LogP contribution in [0.5, 0.6) is 0 Å². The standard InChI is InChI=1S/C16H18FN/c1-11-4-6-13(7-5-11)16(3,18)14-8-9-15(17)12(2)10-14/h4-10H,18H2,1-3H3. The van der Waals surface area contributed by atoms with Gasteiger partial charge in [0.25, 0.3) is 0 Å². The van der Waals surface area contributed by atoms with Crippen LogP contribution in [0.25, 0.3) is 0 Å². The summed E-state index contributed by atoms with van der Waals surface area (Å²) in [5.74, 6) is -0.196. The van der Waals surface area contributed by atoms with Gasteiger partial charge in [0.1, 0.15) is 5.82 Å². The molecule has 0 heterocycles. The second-order valence-electron chi connectivity index (χ2n) is 5.03. The van der Waals surface area contributed by atoms with Crippen molar-refractivity contribution in [2.24, 2.45) is 5.73 Å². The van der Waals surface area contributed by atoms with Crippen molar-refractivity contribution >= 4 is 0 Å². The molecule has 2 aromatic carbocycles. The van der Waals surface area contributed by atoms with Gasteiger partial charge in [-0.15, -0.1) is 0 Å².